The smallest absolute Gasteiger partial charge is 0.489 e. The summed E-state index contributed by atoms with van der Waals surface area (Å²) in [6, 6.07) is 1.60. The molecular formula is C23H30FN3O5. The summed E-state index contributed by atoms with van der Waals surface area (Å²) in [5, 5.41) is 12.5. The van der Waals surface area contributed by atoms with Gasteiger partial charge < -0.3 is 29.4 Å². The SMILES string of the molecule is CCN[C@H](C)[C@H]1CCN(c2c(F)cc3c(=O)c(OC(=O)O)cn(C4CC4)c3c2OCC)C1. The molecule has 2 atom stereocenters. The van der Waals surface area contributed by atoms with Crippen LogP contribution in [0.5, 0.6) is 11.5 Å². The number of hydrogen-bond acceptors (Lipinski definition) is 6. The zero-order valence-corrected chi connectivity index (χ0v) is 18.7. The molecular weight excluding hydrogens is 417 g/mol. The number of aromatic nitrogens is 1. The van der Waals surface area contributed by atoms with Gasteiger partial charge in [0.15, 0.2) is 17.3 Å². The van der Waals surface area contributed by atoms with Crippen LogP contribution in [0.1, 0.15) is 46.1 Å². The molecule has 32 heavy (non-hydrogen) atoms. The zero-order valence-electron chi connectivity index (χ0n) is 18.7. The fraction of sp³-hybridized carbons (Fsp3) is 0.565. The van der Waals surface area contributed by atoms with Crippen LogP contribution in [-0.2, 0) is 0 Å². The van der Waals surface area contributed by atoms with Crippen molar-refractivity contribution in [3.05, 3.63) is 28.3 Å². The molecule has 0 amide bonds. The number of rotatable bonds is 8. The van der Waals surface area contributed by atoms with Gasteiger partial charge in [0.25, 0.3) is 0 Å². The number of nitrogens with one attached hydrogen (secondary N) is 1. The van der Waals surface area contributed by atoms with Crippen LogP contribution >= 0.6 is 0 Å². The highest BCUT2D eigenvalue weighted by Crippen LogP contribution is 2.45. The van der Waals surface area contributed by atoms with E-state index in [0.29, 0.717) is 48.6 Å². The number of pyridine rings is 1. The standard InChI is InChI=1S/C23H30FN3O5/c1-4-25-13(3)14-8-9-26(11-14)20-17(24)10-16-19(22(20)31-5-2)27(15-6-7-15)12-18(21(16)28)32-23(29)30/h10,12-15,25H,4-9,11H2,1-3H3,(H,29,30)/t13-,14+/m1/s1. The molecule has 2 aliphatic rings. The first kappa shape index (κ1) is 22.4. The molecule has 9 heteroatoms. The maximum Gasteiger partial charge on any atom is 0.511 e. The quantitative estimate of drug-likeness (QED) is 0.595. The van der Waals surface area contributed by atoms with Crippen LogP contribution in [0.25, 0.3) is 10.9 Å². The molecule has 2 aromatic rings. The van der Waals surface area contributed by atoms with Crippen molar-refractivity contribution in [1.29, 1.82) is 0 Å². The third-order valence-corrected chi connectivity index (χ3v) is 6.37. The summed E-state index contributed by atoms with van der Waals surface area (Å²) in [5.41, 5.74) is 0.202. The molecule has 1 aliphatic heterocycles. The molecule has 2 fully saturated rings. The van der Waals surface area contributed by atoms with Crippen molar-refractivity contribution >= 4 is 22.7 Å². The Kier molecular flexibility index (Phi) is 6.28. The molecule has 1 saturated heterocycles. The van der Waals surface area contributed by atoms with Crippen LogP contribution in [0.4, 0.5) is 14.9 Å². The maximum absolute atomic E-state index is 15.5. The van der Waals surface area contributed by atoms with Crippen LogP contribution in [0.2, 0.25) is 0 Å². The number of carboxylic acid groups (broad SMARTS) is 1. The average Bonchev–Trinajstić information content (AvgIpc) is 3.47. The van der Waals surface area contributed by atoms with Gasteiger partial charge in [-0.05, 0) is 51.6 Å². The largest absolute Gasteiger partial charge is 0.511 e. The van der Waals surface area contributed by atoms with Gasteiger partial charge in [-0.1, -0.05) is 6.92 Å². The van der Waals surface area contributed by atoms with E-state index in [4.69, 9.17) is 14.6 Å². The molecule has 0 radical (unpaired) electrons. The topological polar surface area (TPSA) is 93.0 Å². The van der Waals surface area contributed by atoms with Crippen molar-refractivity contribution in [3.63, 3.8) is 0 Å². The van der Waals surface area contributed by atoms with Crippen molar-refractivity contribution in [3.8, 4) is 11.5 Å². The summed E-state index contributed by atoms with van der Waals surface area (Å²) in [7, 11) is 0. The van der Waals surface area contributed by atoms with Crippen molar-refractivity contribution in [2.45, 2.75) is 52.1 Å². The van der Waals surface area contributed by atoms with E-state index in [1.165, 1.54) is 12.3 Å². The molecule has 4 rings (SSSR count). The molecule has 1 aromatic carbocycles. The second-order valence-electron chi connectivity index (χ2n) is 8.54. The van der Waals surface area contributed by atoms with Crippen molar-refractivity contribution in [2.75, 3.05) is 31.1 Å². The number of nitrogens with zero attached hydrogens (tertiary/aromatic N) is 2. The van der Waals surface area contributed by atoms with E-state index in [9.17, 15) is 9.59 Å². The fourth-order valence-corrected chi connectivity index (χ4v) is 4.69. The first-order valence-corrected chi connectivity index (χ1v) is 11.3. The third kappa shape index (κ3) is 4.13. The van der Waals surface area contributed by atoms with Gasteiger partial charge >= 0.3 is 6.16 Å². The predicted octanol–water partition coefficient (Wildman–Crippen LogP) is 3.76. The van der Waals surface area contributed by atoms with E-state index < -0.39 is 17.4 Å². The molecule has 174 valence electrons. The Balaban J connectivity index is 1.87. The van der Waals surface area contributed by atoms with Crippen molar-refractivity contribution in [2.24, 2.45) is 5.92 Å². The molecule has 1 aliphatic carbocycles. The van der Waals surface area contributed by atoms with Crippen LogP contribution in [-0.4, -0.2) is 48.1 Å². The first-order valence-electron chi connectivity index (χ1n) is 11.3. The van der Waals surface area contributed by atoms with Gasteiger partial charge in [-0.2, -0.15) is 0 Å². The molecule has 0 bridgehead atoms. The highest BCUT2D eigenvalue weighted by Gasteiger charge is 2.34. The zero-order chi connectivity index (χ0) is 23.0. The molecule has 1 aromatic heterocycles. The molecule has 8 nitrogen and oxygen atoms in total. The van der Waals surface area contributed by atoms with E-state index >= 15 is 4.39 Å². The molecule has 0 spiro atoms. The second-order valence-corrected chi connectivity index (χ2v) is 8.54. The Hall–Kier alpha value is -2.81. The lowest BCUT2D eigenvalue weighted by molar-refractivity contribution is 0.143. The minimum atomic E-state index is -1.58. The van der Waals surface area contributed by atoms with Crippen molar-refractivity contribution in [1.82, 2.24) is 9.88 Å². The molecule has 0 unspecified atom stereocenters. The Bertz CT molecular complexity index is 1080. The van der Waals surface area contributed by atoms with Crippen molar-refractivity contribution < 1.29 is 23.8 Å². The highest BCUT2D eigenvalue weighted by atomic mass is 19.1. The maximum atomic E-state index is 15.5. The van der Waals surface area contributed by atoms with Gasteiger partial charge in [-0.15, -0.1) is 0 Å². The van der Waals surface area contributed by atoms with E-state index in [1.807, 2.05) is 16.4 Å². The number of halogens is 1. The molecule has 1 saturated carbocycles. The van der Waals surface area contributed by atoms with E-state index in [1.54, 1.807) is 0 Å². The van der Waals surface area contributed by atoms with Gasteiger partial charge in [-0.25, -0.2) is 9.18 Å². The van der Waals surface area contributed by atoms with Gasteiger partial charge in [0.2, 0.25) is 5.43 Å². The Morgan fingerprint density at radius 1 is 1.34 bits per heavy atom. The van der Waals surface area contributed by atoms with Gasteiger partial charge in [0, 0.05) is 25.2 Å². The van der Waals surface area contributed by atoms with Crippen LogP contribution in [0.15, 0.2) is 17.1 Å². The Morgan fingerprint density at radius 3 is 2.72 bits per heavy atom. The lowest BCUT2D eigenvalue weighted by Gasteiger charge is -2.26. The number of carbonyl (C=O) groups is 1. The Morgan fingerprint density at radius 2 is 2.09 bits per heavy atom. The highest BCUT2D eigenvalue weighted by molar-refractivity contribution is 5.92. The second kappa shape index (κ2) is 8.97. The van der Waals surface area contributed by atoms with Crippen LogP contribution in [0, 0.1) is 11.7 Å². The van der Waals surface area contributed by atoms with Gasteiger partial charge in [0.1, 0.15) is 5.69 Å². The minimum Gasteiger partial charge on any atom is -0.489 e. The lowest BCUT2D eigenvalue weighted by Crippen LogP contribution is -2.35. The summed E-state index contributed by atoms with van der Waals surface area (Å²) in [4.78, 5) is 26.0. The van der Waals surface area contributed by atoms with Gasteiger partial charge in [0.05, 0.1) is 23.7 Å². The number of ether oxygens (including phenoxy) is 2. The van der Waals surface area contributed by atoms with E-state index in [-0.39, 0.29) is 17.2 Å². The number of anilines is 1. The Labute approximate surface area is 185 Å². The first-order chi connectivity index (χ1) is 15.3. The summed E-state index contributed by atoms with van der Waals surface area (Å²) in [6.45, 7) is 8.60. The molecule has 2 heterocycles. The van der Waals surface area contributed by atoms with Crippen LogP contribution in [0.3, 0.4) is 0 Å². The minimum absolute atomic E-state index is 0.0668. The van der Waals surface area contributed by atoms with Crippen LogP contribution < -0.4 is 25.1 Å². The normalized spacial score (nSPS) is 19.4. The fourth-order valence-electron chi connectivity index (χ4n) is 4.69. The summed E-state index contributed by atoms with van der Waals surface area (Å²) in [5.74, 6) is -0.168. The number of benzene rings is 1. The molecule has 2 N–H and O–H groups in total. The van der Waals surface area contributed by atoms with E-state index in [2.05, 4.69) is 19.2 Å². The third-order valence-electron chi connectivity index (χ3n) is 6.37. The number of hydrogen-bond donors (Lipinski definition) is 2. The average molecular weight is 448 g/mol. The van der Waals surface area contributed by atoms with Gasteiger partial charge in [-0.3, -0.25) is 4.79 Å². The van der Waals surface area contributed by atoms with E-state index in [0.717, 1.165) is 25.8 Å². The summed E-state index contributed by atoms with van der Waals surface area (Å²) < 4.78 is 28.0. The lowest BCUT2D eigenvalue weighted by atomic mass is 10.0. The number of fused-ring (bicyclic) bond motifs is 1. The predicted molar refractivity (Wildman–Crippen MR) is 120 cm³/mol. The summed E-state index contributed by atoms with van der Waals surface area (Å²) >= 11 is 0. The summed E-state index contributed by atoms with van der Waals surface area (Å²) in [6.07, 6.45) is 2.53. The monoisotopic (exact) mass is 447 g/mol.